The van der Waals surface area contributed by atoms with Crippen molar-refractivity contribution in [3.05, 3.63) is 28.8 Å². The van der Waals surface area contributed by atoms with Crippen molar-refractivity contribution in [3.63, 3.8) is 0 Å². The minimum Gasteiger partial charge on any atom is -0.398 e. The van der Waals surface area contributed by atoms with E-state index in [1.807, 2.05) is 6.92 Å². The molecule has 6 heteroatoms. The molecule has 104 valence electrons. The standard InChI is InChI=1S/C13H18ClN3O2/c1-3-6-16-12(18)8-17(2)13(19)10-5-4-9(14)7-11(10)15/h4-5,7H,3,6,8,15H2,1-2H3,(H,16,18). The Morgan fingerprint density at radius 2 is 2.11 bits per heavy atom. The predicted molar refractivity (Wildman–Crippen MR) is 76.1 cm³/mol. The highest BCUT2D eigenvalue weighted by Crippen LogP contribution is 2.19. The summed E-state index contributed by atoms with van der Waals surface area (Å²) >= 11 is 5.77. The molecule has 19 heavy (non-hydrogen) atoms. The van der Waals surface area contributed by atoms with E-state index in [4.69, 9.17) is 17.3 Å². The molecule has 0 saturated heterocycles. The Kier molecular flexibility index (Phi) is 5.63. The first-order valence-electron chi connectivity index (χ1n) is 6.03. The Balaban J connectivity index is 2.69. The molecule has 2 amide bonds. The average molecular weight is 284 g/mol. The molecule has 0 aliphatic heterocycles. The molecule has 1 aromatic rings. The minimum atomic E-state index is -0.305. The molecule has 0 unspecified atom stereocenters. The van der Waals surface area contributed by atoms with Crippen LogP contribution >= 0.6 is 11.6 Å². The number of carbonyl (C=O) groups excluding carboxylic acids is 2. The fraction of sp³-hybridized carbons (Fsp3) is 0.385. The number of carbonyl (C=O) groups is 2. The van der Waals surface area contributed by atoms with Crippen LogP contribution in [0.2, 0.25) is 5.02 Å². The van der Waals surface area contributed by atoms with Gasteiger partial charge in [0.2, 0.25) is 5.91 Å². The molecule has 0 heterocycles. The normalized spacial score (nSPS) is 10.1. The maximum Gasteiger partial charge on any atom is 0.256 e. The van der Waals surface area contributed by atoms with Gasteiger partial charge in [-0.25, -0.2) is 0 Å². The van der Waals surface area contributed by atoms with Gasteiger partial charge < -0.3 is 16.0 Å². The molecule has 0 radical (unpaired) electrons. The van der Waals surface area contributed by atoms with Crippen LogP contribution in [0.5, 0.6) is 0 Å². The van der Waals surface area contributed by atoms with Gasteiger partial charge in [-0.15, -0.1) is 0 Å². The second kappa shape index (κ2) is 6.99. The summed E-state index contributed by atoms with van der Waals surface area (Å²) in [6.45, 7) is 2.56. The van der Waals surface area contributed by atoms with E-state index in [1.54, 1.807) is 19.2 Å². The highest BCUT2D eigenvalue weighted by atomic mass is 35.5. The summed E-state index contributed by atoms with van der Waals surface area (Å²) in [4.78, 5) is 25.0. The zero-order valence-corrected chi connectivity index (χ0v) is 11.8. The second-order valence-electron chi connectivity index (χ2n) is 4.24. The first-order chi connectivity index (χ1) is 8.95. The van der Waals surface area contributed by atoms with Crippen LogP contribution in [0.1, 0.15) is 23.7 Å². The van der Waals surface area contributed by atoms with Gasteiger partial charge in [0.05, 0.1) is 12.1 Å². The lowest BCUT2D eigenvalue weighted by molar-refractivity contribution is -0.121. The van der Waals surface area contributed by atoms with Crippen LogP contribution in [0.4, 0.5) is 5.69 Å². The Bertz CT molecular complexity index is 477. The first kappa shape index (κ1) is 15.3. The number of halogens is 1. The summed E-state index contributed by atoms with van der Waals surface area (Å²) in [7, 11) is 1.56. The number of nitrogens with two attached hydrogens (primary N) is 1. The molecule has 0 fully saturated rings. The van der Waals surface area contributed by atoms with E-state index in [0.717, 1.165) is 6.42 Å². The smallest absolute Gasteiger partial charge is 0.256 e. The van der Waals surface area contributed by atoms with E-state index >= 15 is 0 Å². The number of nitrogens with one attached hydrogen (secondary N) is 1. The van der Waals surface area contributed by atoms with Crippen LogP contribution in [0, 0.1) is 0 Å². The number of amides is 2. The lowest BCUT2D eigenvalue weighted by Gasteiger charge is -2.17. The number of likely N-dealkylation sites (N-methyl/N-ethyl adjacent to an activating group) is 1. The van der Waals surface area contributed by atoms with Gasteiger partial charge in [0.1, 0.15) is 0 Å². The van der Waals surface area contributed by atoms with Gasteiger partial charge in [0.15, 0.2) is 0 Å². The summed E-state index contributed by atoms with van der Waals surface area (Å²) in [6.07, 6.45) is 0.855. The molecule has 0 aromatic heterocycles. The summed E-state index contributed by atoms with van der Waals surface area (Å²) in [6, 6.07) is 4.66. The van der Waals surface area contributed by atoms with Crippen molar-refractivity contribution in [2.75, 3.05) is 25.9 Å². The Morgan fingerprint density at radius 1 is 1.42 bits per heavy atom. The molecule has 1 rings (SSSR count). The molecule has 0 bridgehead atoms. The van der Waals surface area contributed by atoms with Crippen LogP contribution in [-0.2, 0) is 4.79 Å². The highest BCUT2D eigenvalue weighted by Gasteiger charge is 2.17. The van der Waals surface area contributed by atoms with Crippen LogP contribution < -0.4 is 11.1 Å². The predicted octanol–water partition coefficient (Wildman–Crippen LogP) is 1.52. The van der Waals surface area contributed by atoms with Crippen molar-refractivity contribution in [2.45, 2.75) is 13.3 Å². The molecule has 3 N–H and O–H groups in total. The number of hydrogen-bond donors (Lipinski definition) is 2. The number of anilines is 1. The Morgan fingerprint density at radius 3 is 2.68 bits per heavy atom. The monoisotopic (exact) mass is 283 g/mol. The topological polar surface area (TPSA) is 75.4 Å². The van der Waals surface area contributed by atoms with Gasteiger partial charge in [0.25, 0.3) is 5.91 Å². The zero-order valence-electron chi connectivity index (χ0n) is 11.1. The Labute approximate surface area is 117 Å². The van der Waals surface area contributed by atoms with Gasteiger partial charge >= 0.3 is 0 Å². The molecule has 0 spiro atoms. The van der Waals surface area contributed by atoms with Gasteiger partial charge in [-0.2, -0.15) is 0 Å². The number of nitrogens with zero attached hydrogens (tertiary/aromatic N) is 1. The van der Waals surface area contributed by atoms with Crippen LogP contribution in [0.3, 0.4) is 0 Å². The fourth-order valence-electron chi connectivity index (χ4n) is 1.54. The molecule has 0 aliphatic carbocycles. The summed E-state index contributed by atoms with van der Waals surface area (Å²) < 4.78 is 0. The zero-order chi connectivity index (χ0) is 14.4. The van der Waals surface area contributed by atoms with Gasteiger partial charge in [-0.1, -0.05) is 18.5 Å². The summed E-state index contributed by atoms with van der Waals surface area (Å²) in [5.74, 6) is -0.494. The maximum atomic E-state index is 12.1. The molecule has 0 atom stereocenters. The highest BCUT2D eigenvalue weighted by molar-refractivity contribution is 6.31. The van der Waals surface area contributed by atoms with Crippen molar-refractivity contribution in [1.82, 2.24) is 10.2 Å². The third kappa shape index (κ3) is 4.44. The molecular weight excluding hydrogens is 266 g/mol. The van der Waals surface area contributed by atoms with E-state index in [9.17, 15) is 9.59 Å². The van der Waals surface area contributed by atoms with Crippen molar-refractivity contribution < 1.29 is 9.59 Å². The molecule has 0 aliphatic rings. The number of hydrogen-bond acceptors (Lipinski definition) is 3. The third-order valence-electron chi connectivity index (χ3n) is 2.54. The lowest BCUT2D eigenvalue weighted by atomic mass is 10.1. The lowest BCUT2D eigenvalue weighted by Crippen LogP contribution is -2.38. The quantitative estimate of drug-likeness (QED) is 0.805. The van der Waals surface area contributed by atoms with Crippen molar-refractivity contribution in [1.29, 1.82) is 0 Å². The van der Waals surface area contributed by atoms with Gasteiger partial charge in [0, 0.05) is 24.3 Å². The number of nitrogen functional groups attached to an aromatic ring is 1. The van der Waals surface area contributed by atoms with E-state index in [1.165, 1.54) is 11.0 Å². The van der Waals surface area contributed by atoms with Crippen molar-refractivity contribution >= 4 is 29.1 Å². The Hall–Kier alpha value is -1.75. The SMILES string of the molecule is CCCNC(=O)CN(C)C(=O)c1ccc(Cl)cc1N. The van der Waals surface area contributed by atoms with Gasteiger partial charge in [-0.3, -0.25) is 9.59 Å². The molecule has 1 aromatic carbocycles. The number of benzene rings is 1. The average Bonchev–Trinajstić information content (AvgIpc) is 2.35. The van der Waals surface area contributed by atoms with Crippen LogP contribution in [-0.4, -0.2) is 36.9 Å². The van der Waals surface area contributed by atoms with Crippen LogP contribution in [0.15, 0.2) is 18.2 Å². The molecular formula is C13H18ClN3O2. The maximum absolute atomic E-state index is 12.1. The van der Waals surface area contributed by atoms with Crippen molar-refractivity contribution in [3.8, 4) is 0 Å². The molecule has 0 saturated carbocycles. The molecule has 5 nitrogen and oxygen atoms in total. The largest absolute Gasteiger partial charge is 0.398 e. The van der Waals surface area contributed by atoms with Crippen molar-refractivity contribution in [2.24, 2.45) is 0 Å². The first-order valence-corrected chi connectivity index (χ1v) is 6.40. The van der Waals surface area contributed by atoms with E-state index < -0.39 is 0 Å². The minimum absolute atomic E-state index is 0.000893. The summed E-state index contributed by atoms with van der Waals surface area (Å²) in [5, 5.41) is 3.18. The second-order valence-corrected chi connectivity index (χ2v) is 4.68. The number of rotatable bonds is 5. The fourth-order valence-corrected chi connectivity index (χ4v) is 1.72. The van der Waals surface area contributed by atoms with Crippen LogP contribution in [0.25, 0.3) is 0 Å². The van der Waals surface area contributed by atoms with E-state index in [0.29, 0.717) is 22.8 Å². The van der Waals surface area contributed by atoms with Gasteiger partial charge in [-0.05, 0) is 24.6 Å². The third-order valence-corrected chi connectivity index (χ3v) is 2.78. The van der Waals surface area contributed by atoms with E-state index in [-0.39, 0.29) is 18.4 Å². The van der Waals surface area contributed by atoms with E-state index in [2.05, 4.69) is 5.32 Å². The summed E-state index contributed by atoms with van der Waals surface area (Å²) in [5.41, 5.74) is 6.39.